The van der Waals surface area contributed by atoms with E-state index < -0.39 is 0 Å². The first kappa shape index (κ1) is 26.1. The molecular weight excluding hydrogens is 534 g/mol. The largest absolute Gasteiger partial charge is 0.309 e. The molecule has 2 fully saturated rings. The topological polar surface area (TPSA) is 22.2 Å². The second-order valence-electron chi connectivity index (χ2n) is 13.4. The second-order valence-corrected chi connectivity index (χ2v) is 13.4. The number of benzene rings is 4. The van der Waals surface area contributed by atoms with Crippen molar-refractivity contribution in [3.05, 3.63) is 114 Å². The molecule has 3 heteroatoms. The average Bonchev–Trinajstić information content (AvgIpc) is 3.66. The number of aromatic nitrogens is 3. The normalized spacial score (nSPS) is 16.9. The van der Waals surface area contributed by atoms with E-state index in [-0.39, 0.29) is 0 Å². The fourth-order valence-corrected chi connectivity index (χ4v) is 8.31. The Kier molecular flexibility index (Phi) is 6.32. The van der Waals surface area contributed by atoms with Crippen molar-refractivity contribution in [1.29, 1.82) is 0 Å². The third kappa shape index (κ3) is 4.44. The van der Waals surface area contributed by atoms with Gasteiger partial charge in [0.15, 0.2) is 0 Å². The van der Waals surface area contributed by atoms with Crippen molar-refractivity contribution in [2.45, 2.75) is 76.0 Å². The molecule has 9 rings (SSSR count). The van der Waals surface area contributed by atoms with Crippen molar-refractivity contribution < 1.29 is 0 Å². The van der Waals surface area contributed by atoms with Crippen molar-refractivity contribution >= 4 is 38.1 Å². The summed E-state index contributed by atoms with van der Waals surface area (Å²) in [6, 6.07) is 36.7. The summed E-state index contributed by atoms with van der Waals surface area (Å²) in [5, 5.41) is 10.2. The van der Waals surface area contributed by atoms with Gasteiger partial charge in [-0.1, -0.05) is 87.1 Å². The molecule has 218 valence electrons. The van der Waals surface area contributed by atoms with Gasteiger partial charge in [-0.2, -0.15) is 5.10 Å². The monoisotopic (exact) mass is 573 g/mol. The van der Waals surface area contributed by atoms with Crippen LogP contribution in [0.1, 0.15) is 87.2 Å². The Morgan fingerprint density at radius 3 is 1.75 bits per heavy atom. The summed E-state index contributed by atoms with van der Waals surface area (Å²) in [6.45, 7) is 0. The van der Waals surface area contributed by atoms with Crippen LogP contribution in [0.2, 0.25) is 0 Å². The van der Waals surface area contributed by atoms with Gasteiger partial charge in [0.05, 0.1) is 22.2 Å². The van der Waals surface area contributed by atoms with Crippen LogP contribution in [0.25, 0.3) is 55.0 Å². The molecule has 0 amide bonds. The summed E-state index contributed by atoms with van der Waals surface area (Å²) in [7, 11) is 0. The molecule has 2 aliphatic carbocycles. The molecular formula is C41H39N3. The highest BCUT2D eigenvalue weighted by Gasteiger charge is 2.21. The van der Waals surface area contributed by atoms with E-state index in [4.69, 9.17) is 5.10 Å². The third-order valence-corrected chi connectivity index (χ3v) is 10.7. The molecule has 0 N–H and O–H groups in total. The maximum Gasteiger partial charge on any atom is 0.0933 e. The van der Waals surface area contributed by atoms with Crippen LogP contribution in [0.15, 0.2) is 103 Å². The molecule has 2 aliphatic rings. The van der Waals surface area contributed by atoms with Crippen LogP contribution >= 0.6 is 0 Å². The number of hydrogen-bond acceptors (Lipinski definition) is 1. The number of rotatable bonds is 4. The van der Waals surface area contributed by atoms with Crippen LogP contribution < -0.4 is 0 Å². The Bertz CT molecular complexity index is 2010. The van der Waals surface area contributed by atoms with Gasteiger partial charge in [-0.3, -0.25) is 0 Å². The molecule has 0 aliphatic heterocycles. The van der Waals surface area contributed by atoms with Gasteiger partial charge in [-0.05, 0) is 103 Å². The van der Waals surface area contributed by atoms with Gasteiger partial charge in [0.25, 0.3) is 0 Å². The van der Waals surface area contributed by atoms with Crippen LogP contribution in [0.3, 0.4) is 0 Å². The number of fused-ring (bicyclic) bond motifs is 5. The molecule has 4 aromatic carbocycles. The highest BCUT2D eigenvalue weighted by atomic mass is 15.2. The van der Waals surface area contributed by atoms with Gasteiger partial charge in [-0.15, -0.1) is 0 Å². The van der Waals surface area contributed by atoms with E-state index in [0.717, 1.165) is 16.8 Å². The van der Waals surface area contributed by atoms with Crippen LogP contribution in [-0.2, 0) is 0 Å². The minimum absolute atomic E-state index is 0.704. The summed E-state index contributed by atoms with van der Waals surface area (Å²) in [6.07, 6.45) is 15.7. The lowest BCUT2D eigenvalue weighted by Gasteiger charge is -2.22. The summed E-state index contributed by atoms with van der Waals surface area (Å²) < 4.78 is 4.49. The van der Waals surface area contributed by atoms with Crippen LogP contribution in [0.4, 0.5) is 0 Å². The maximum atomic E-state index is 4.94. The molecule has 7 aromatic rings. The van der Waals surface area contributed by atoms with Gasteiger partial charge in [0.2, 0.25) is 0 Å². The van der Waals surface area contributed by atoms with Crippen molar-refractivity contribution in [3.8, 4) is 16.9 Å². The zero-order valence-corrected chi connectivity index (χ0v) is 25.4. The first-order valence-corrected chi connectivity index (χ1v) is 16.9. The number of nitrogens with zero attached hydrogens (tertiary/aromatic N) is 3. The van der Waals surface area contributed by atoms with E-state index in [1.807, 2.05) is 4.52 Å². The van der Waals surface area contributed by atoms with Crippen molar-refractivity contribution in [3.63, 3.8) is 0 Å². The molecule has 44 heavy (non-hydrogen) atoms. The van der Waals surface area contributed by atoms with E-state index in [2.05, 4.69) is 108 Å². The van der Waals surface area contributed by atoms with E-state index in [0.29, 0.717) is 11.8 Å². The standard InChI is InChI=1S/C41H39N3/c1-3-9-28(10-4-1)32-17-21-40-37(24-32)38-25-33(29-11-5-2-6-12-29)18-22-41(38)44(40)35-19-15-30(16-20-35)39-26-36-23-31-13-7-8-14-34(31)27-43(36)42-39/h7-8,13-29H,1-6,9-12H2. The Morgan fingerprint density at radius 1 is 0.545 bits per heavy atom. The van der Waals surface area contributed by atoms with E-state index in [9.17, 15) is 0 Å². The van der Waals surface area contributed by atoms with Gasteiger partial charge in [-0.25, -0.2) is 4.52 Å². The Hall–Kier alpha value is -4.37. The lowest BCUT2D eigenvalue weighted by atomic mass is 9.83. The minimum atomic E-state index is 0.704. The SMILES string of the molecule is c1ccc2cn3nc(-c4ccc(-n5c6ccc(C7CCCCC7)cc6c6cc(C7CCCCC7)ccc65)cc4)cc3cc2c1. The smallest absolute Gasteiger partial charge is 0.0933 e. The minimum Gasteiger partial charge on any atom is -0.309 e. The first-order chi connectivity index (χ1) is 21.8. The van der Waals surface area contributed by atoms with Gasteiger partial charge >= 0.3 is 0 Å². The highest BCUT2D eigenvalue weighted by Crippen LogP contribution is 2.40. The molecule has 2 saturated carbocycles. The maximum absolute atomic E-state index is 4.94. The molecule has 0 spiro atoms. The second kappa shape index (κ2) is 10.7. The molecule has 3 aromatic heterocycles. The van der Waals surface area contributed by atoms with Crippen molar-refractivity contribution in [1.82, 2.24) is 14.2 Å². The van der Waals surface area contributed by atoms with Crippen LogP contribution in [-0.4, -0.2) is 14.2 Å². The summed E-state index contributed by atoms with van der Waals surface area (Å²) in [5.74, 6) is 1.41. The first-order valence-electron chi connectivity index (χ1n) is 16.9. The molecule has 0 saturated heterocycles. The quantitative estimate of drug-likeness (QED) is 0.205. The average molecular weight is 574 g/mol. The Balaban J connectivity index is 1.15. The number of pyridine rings is 1. The van der Waals surface area contributed by atoms with Gasteiger partial charge < -0.3 is 4.57 Å². The molecule has 3 nitrogen and oxygen atoms in total. The number of hydrogen-bond donors (Lipinski definition) is 0. The summed E-state index contributed by atoms with van der Waals surface area (Å²) in [4.78, 5) is 0. The van der Waals surface area contributed by atoms with Crippen LogP contribution in [0, 0.1) is 0 Å². The van der Waals surface area contributed by atoms with E-state index in [1.54, 1.807) is 0 Å². The molecule has 0 unspecified atom stereocenters. The predicted octanol–water partition coefficient (Wildman–Crippen LogP) is 11.3. The molecule has 3 heterocycles. The fraction of sp³-hybridized carbons (Fsp3) is 0.293. The van der Waals surface area contributed by atoms with E-state index >= 15 is 0 Å². The van der Waals surface area contributed by atoms with Crippen molar-refractivity contribution in [2.75, 3.05) is 0 Å². The fourth-order valence-electron chi connectivity index (χ4n) is 8.31. The Labute approximate surface area is 259 Å². The van der Waals surface area contributed by atoms with Gasteiger partial charge in [0.1, 0.15) is 0 Å². The Morgan fingerprint density at radius 2 is 1.14 bits per heavy atom. The zero-order valence-electron chi connectivity index (χ0n) is 25.4. The molecule has 0 bridgehead atoms. The highest BCUT2D eigenvalue weighted by molar-refractivity contribution is 6.09. The predicted molar refractivity (Wildman–Crippen MR) is 184 cm³/mol. The lowest BCUT2D eigenvalue weighted by Crippen LogP contribution is -2.04. The van der Waals surface area contributed by atoms with E-state index in [1.165, 1.54) is 114 Å². The van der Waals surface area contributed by atoms with Crippen molar-refractivity contribution in [2.24, 2.45) is 0 Å². The lowest BCUT2D eigenvalue weighted by molar-refractivity contribution is 0.444. The van der Waals surface area contributed by atoms with Crippen LogP contribution in [0.5, 0.6) is 0 Å². The molecule has 0 radical (unpaired) electrons. The third-order valence-electron chi connectivity index (χ3n) is 10.7. The van der Waals surface area contributed by atoms with Gasteiger partial charge in [0, 0.05) is 33.6 Å². The zero-order chi connectivity index (χ0) is 29.0. The summed E-state index contributed by atoms with van der Waals surface area (Å²) >= 11 is 0. The summed E-state index contributed by atoms with van der Waals surface area (Å²) in [5.41, 5.74) is 10.2. The molecule has 0 atom stereocenters.